The Hall–Kier alpha value is -0.610. The molecule has 1 atom stereocenters. The number of aliphatic hydroxyl groups excluding tert-OH is 1. The van der Waals surface area contributed by atoms with E-state index in [1.54, 1.807) is 11.3 Å². The molecule has 0 radical (unpaired) electrons. The molecule has 1 saturated carbocycles. The maximum Gasteiger partial charge on any atom is 0.185 e. The van der Waals surface area contributed by atoms with E-state index in [0.29, 0.717) is 0 Å². The molecule has 0 saturated heterocycles. The zero-order valence-corrected chi connectivity index (χ0v) is 11.0. The number of aryl methyl sites for hydroxylation is 1. The van der Waals surface area contributed by atoms with Gasteiger partial charge in [0, 0.05) is 13.1 Å². The molecule has 0 aromatic carbocycles. The van der Waals surface area contributed by atoms with E-state index in [1.807, 2.05) is 13.8 Å². The van der Waals surface area contributed by atoms with E-state index >= 15 is 0 Å². The number of thiazole rings is 1. The molecule has 1 N–H and O–H groups in total. The molecule has 4 heteroatoms. The second kappa shape index (κ2) is 4.72. The Morgan fingerprint density at radius 2 is 2.25 bits per heavy atom. The summed E-state index contributed by atoms with van der Waals surface area (Å²) in [5.41, 5.74) is 0.976. The largest absolute Gasteiger partial charge is 0.388 e. The van der Waals surface area contributed by atoms with Gasteiger partial charge in [0.05, 0.1) is 16.7 Å². The van der Waals surface area contributed by atoms with Crippen molar-refractivity contribution in [3.63, 3.8) is 0 Å². The average molecular weight is 240 g/mol. The molecule has 0 bridgehead atoms. The van der Waals surface area contributed by atoms with E-state index in [9.17, 15) is 5.11 Å². The molecule has 1 fully saturated rings. The van der Waals surface area contributed by atoms with Gasteiger partial charge in [0.25, 0.3) is 0 Å². The molecule has 0 aliphatic heterocycles. The lowest BCUT2D eigenvalue weighted by atomic mass is 10.3. The van der Waals surface area contributed by atoms with Gasteiger partial charge in [-0.3, -0.25) is 0 Å². The van der Waals surface area contributed by atoms with E-state index in [1.165, 1.54) is 12.8 Å². The predicted molar refractivity (Wildman–Crippen MR) is 68.1 cm³/mol. The summed E-state index contributed by atoms with van der Waals surface area (Å²) >= 11 is 1.63. The highest BCUT2D eigenvalue weighted by molar-refractivity contribution is 7.15. The summed E-state index contributed by atoms with van der Waals surface area (Å²) in [5.74, 6) is 0.874. The molecule has 2 rings (SSSR count). The van der Waals surface area contributed by atoms with Crippen LogP contribution in [0.3, 0.4) is 0 Å². The third-order valence-electron chi connectivity index (χ3n) is 3.03. The van der Waals surface area contributed by atoms with Gasteiger partial charge in [-0.05, 0) is 39.5 Å². The van der Waals surface area contributed by atoms with Crippen molar-refractivity contribution in [2.24, 2.45) is 5.92 Å². The van der Waals surface area contributed by atoms with Crippen molar-refractivity contribution in [2.75, 3.05) is 18.0 Å². The minimum absolute atomic E-state index is 0.397. The quantitative estimate of drug-likeness (QED) is 0.859. The standard InChI is InChI=1S/C12H20N2OS/c1-4-14(7-10-5-6-10)12-13-8(2)11(16-12)9(3)15/h9-10,15H,4-7H2,1-3H3. The summed E-state index contributed by atoms with van der Waals surface area (Å²) in [5, 5.41) is 10.7. The van der Waals surface area contributed by atoms with Crippen molar-refractivity contribution in [3.8, 4) is 0 Å². The summed E-state index contributed by atoms with van der Waals surface area (Å²) in [4.78, 5) is 7.91. The van der Waals surface area contributed by atoms with Gasteiger partial charge in [-0.25, -0.2) is 4.98 Å². The van der Waals surface area contributed by atoms with Crippen molar-refractivity contribution < 1.29 is 5.11 Å². The Balaban J connectivity index is 2.13. The second-order valence-electron chi connectivity index (χ2n) is 4.60. The van der Waals surface area contributed by atoms with Crippen molar-refractivity contribution in [3.05, 3.63) is 10.6 Å². The molecule has 1 unspecified atom stereocenters. The smallest absolute Gasteiger partial charge is 0.185 e. The Bertz CT molecular complexity index is 358. The number of hydrogen-bond acceptors (Lipinski definition) is 4. The van der Waals surface area contributed by atoms with Gasteiger partial charge in [0.15, 0.2) is 5.13 Å². The van der Waals surface area contributed by atoms with Crippen LogP contribution < -0.4 is 4.90 Å². The molecule has 3 nitrogen and oxygen atoms in total. The minimum Gasteiger partial charge on any atom is -0.388 e. The monoisotopic (exact) mass is 240 g/mol. The lowest BCUT2D eigenvalue weighted by Crippen LogP contribution is -2.24. The average Bonchev–Trinajstić information content (AvgIpc) is 2.97. The molecule has 1 aliphatic carbocycles. The van der Waals surface area contributed by atoms with Gasteiger partial charge < -0.3 is 10.0 Å². The summed E-state index contributed by atoms with van der Waals surface area (Å²) in [6, 6.07) is 0. The fourth-order valence-corrected chi connectivity index (χ4v) is 2.95. The van der Waals surface area contributed by atoms with Crippen LogP contribution in [-0.4, -0.2) is 23.2 Å². The third-order valence-corrected chi connectivity index (χ3v) is 4.42. The number of aromatic nitrogens is 1. The van der Waals surface area contributed by atoms with E-state index in [4.69, 9.17) is 0 Å². The Morgan fingerprint density at radius 3 is 2.69 bits per heavy atom. The fraction of sp³-hybridized carbons (Fsp3) is 0.750. The lowest BCUT2D eigenvalue weighted by Gasteiger charge is -2.19. The Labute approximate surface area is 101 Å². The van der Waals surface area contributed by atoms with E-state index in [2.05, 4.69) is 16.8 Å². The van der Waals surface area contributed by atoms with E-state index in [-0.39, 0.29) is 0 Å². The third kappa shape index (κ3) is 2.55. The van der Waals surface area contributed by atoms with Gasteiger partial charge in [-0.1, -0.05) is 11.3 Å². The topological polar surface area (TPSA) is 36.4 Å². The summed E-state index contributed by atoms with van der Waals surface area (Å²) in [7, 11) is 0. The summed E-state index contributed by atoms with van der Waals surface area (Å²) < 4.78 is 0. The van der Waals surface area contributed by atoms with Crippen molar-refractivity contribution in [1.29, 1.82) is 0 Å². The van der Waals surface area contributed by atoms with E-state index in [0.717, 1.165) is 34.7 Å². The van der Waals surface area contributed by atoms with Crippen LogP contribution in [0.1, 0.15) is 43.4 Å². The Morgan fingerprint density at radius 1 is 1.56 bits per heavy atom. The van der Waals surface area contributed by atoms with Crippen LogP contribution in [0.15, 0.2) is 0 Å². The maximum absolute atomic E-state index is 9.62. The van der Waals surface area contributed by atoms with Crippen molar-refractivity contribution >= 4 is 16.5 Å². The first-order chi connectivity index (χ1) is 7.61. The SMILES string of the molecule is CCN(CC1CC1)c1nc(C)c(C(C)O)s1. The summed E-state index contributed by atoms with van der Waals surface area (Å²) in [6.45, 7) is 8.08. The zero-order chi connectivity index (χ0) is 11.7. The highest BCUT2D eigenvalue weighted by Crippen LogP contribution is 2.35. The highest BCUT2D eigenvalue weighted by atomic mass is 32.1. The molecule has 1 aliphatic rings. The summed E-state index contributed by atoms with van der Waals surface area (Å²) in [6.07, 6.45) is 2.33. The highest BCUT2D eigenvalue weighted by Gasteiger charge is 2.25. The molecule has 90 valence electrons. The van der Waals surface area contributed by atoms with Crippen LogP contribution in [0, 0.1) is 12.8 Å². The lowest BCUT2D eigenvalue weighted by molar-refractivity contribution is 0.202. The van der Waals surface area contributed by atoms with Crippen molar-refractivity contribution in [1.82, 2.24) is 4.98 Å². The molecule has 16 heavy (non-hydrogen) atoms. The predicted octanol–water partition coefficient (Wildman–Crippen LogP) is 2.74. The number of nitrogens with zero attached hydrogens (tertiary/aromatic N) is 2. The van der Waals surface area contributed by atoms with Crippen molar-refractivity contribution in [2.45, 2.75) is 39.7 Å². The number of anilines is 1. The van der Waals surface area contributed by atoms with Gasteiger partial charge in [-0.15, -0.1) is 0 Å². The number of rotatable bonds is 5. The molecule has 1 heterocycles. The van der Waals surface area contributed by atoms with Gasteiger partial charge >= 0.3 is 0 Å². The molecular weight excluding hydrogens is 220 g/mol. The van der Waals surface area contributed by atoms with Crippen LogP contribution in [0.2, 0.25) is 0 Å². The molecule has 0 spiro atoms. The first kappa shape index (κ1) is 11.9. The molecule has 0 amide bonds. The van der Waals surface area contributed by atoms with Crippen LogP contribution >= 0.6 is 11.3 Å². The van der Waals surface area contributed by atoms with E-state index < -0.39 is 6.10 Å². The number of aliphatic hydroxyl groups is 1. The van der Waals surface area contributed by atoms with Gasteiger partial charge in [0.1, 0.15) is 0 Å². The van der Waals surface area contributed by atoms with Crippen LogP contribution in [0.25, 0.3) is 0 Å². The molecule has 1 aromatic rings. The zero-order valence-electron chi connectivity index (χ0n) is 10.2. The minimum atomic E-state index is -0.397. The van der Waals surface area contributed by atoms with Crippen LogP contribution in [0.4, 0.5) is 5.13 Å². The van der Waals surface area contributed by atoms with Crippen LogP contribution in [0.5, 0.6) is 0 Å². The second-order valence-corrected chi connectivity index (χ2v) is 5.61. The first-order valence-corrected chi connectivity index (χ1v) is 6.83. The van der Waals surface area contributed by atoms with Crippen LogP contribution in [-0.2, 0) is 0 Å². The Kier molecular flexibility index (Phi) is 3.50. The molecule has 1 aromatic heterocycles. The van der Waals surface area contributed by atoms with Gasteiger partial charge in [0.2, 0.25) is 0 Å². The number of hydrogen-bond donors (Lipinski definition) is 1. The van der Waals surface area contributed by atoms with Gasteiger partial charge in [-0.2, -0.15) is 0 Å². The molecular formula is C12H20N2OS. The first-order valence-electron chi connectivity index (χ1n) is 6.02. The normalized spacial score (nSPS) is 17.5. The fourth-order valence-electron chi connectivity index (χ4n) is 1.87. The maximum atomic E-state index is 9.62.